The van der Waals surface area contributed by atoms with Crippen LogP contribution in [0.1, 0.15) is 26.7 Å². The molecule has 92 valence electrons. The second kappa shape index (κ2) is 5.84. The highest BCUT2D eigenvalue weighted by atomic mass is 16.2. The maximum Gasteiger partial charge on any atom is 0.239 e. The van der Waals surface area contributed by atoms with Crippen LogP contribution in [0.5, 0.6) is 0 Å². The molecular weight excluding hydrogens is 206 g/mol. The Labute approximate surface area is 96.6 Å². The minimum absolute atomic E-state index is 0.0363. The zero-order chi connectivity index (χ0) is 12.1. The largest absolute Gasteiger partial charge is 0.352 e. The van der Waals surface area contributed by atoms with E-state index in [-0.39, 0.29) is 24.4 Å². The van der Waals surface area contributed by atoms with Gasteiger partial charge in [-0.15, -0.1) is 0 Å². The van der Waals surface area contributed by atoms with Crippen LogP contribution < -0.4 is 10.6 Å². The van der Waals surface area contributed by atoms with Crippen LogP contribution in [0.2, 0.25) is 0 Å². The molecule has 2 N–H and O–H groups in total. The Morgan fingerprint density at radius 1 is 1.38 bits per heavy atom. The molecule has 1 aliphatic carbocycles. The smallest absolute Gasteiger partial charge is 0.239 e. The number of nitrogens with one attached hydrogen (secondary N) is 2. The van der Waals surface area contributed by atoms with E-state index in [9.17, 15) is 9.59 Å². The van der Waals surface area contributed by atoms with Gasteiger partial charge in [0, 0.05) is 19.1 Å². The fourth-order valence-electron chi connectivity index (χ4n) is 1.33. The molecular formula is C11H21N3O2. The first-order valence-corrected chi connectivity index (χ1v) is 5.75. The molecule has 1 saturated carbocycles. The molecule has 0 radical (unpaired) electrons. The Morgan fingerprint density at radius 3 is 2.50 bits per heavy atom. The number of carbonyl (C=O) groups is 2. The van der Waals surface area contributed by atoms with Gasteiger partial charge in [-0.05, 0) is 26.7 Å². The second-order valence-electron chi connectivity index (χ2n) is 4.63. The van der Waals surface area contributed by atoms with Crippen molar-refractivity contribution >= 4 is 11.8 Å². The van der Waals surface area contributed by atoms with E-state index in [1.165, 1.54) is 4.90 Å². The van der Waals surface area contributed by atoms with E-state index in [0.29, 0.717) is 12.6 Å². The first-order valence-electron chi connectivity index (χ1n) is 5.75. The third-order valence-corrected chi connectivity index (χ3v) is 2.38. The molecule has 1 rings (SSSR count). The van der Waals surface area contributed by atoms with E-state index in [4.69, 9.17) is 0 Å². The summed E-state index contributed by atoms with van der Waals surface area (Å²) in [5.41, 5.74) is 0. The molecule has 0 heterocycles. The van der Waals surface area contributed by atoms with Crippen LogP contribution in [0, 0.1) is 0 Å². The summed E-state index contributed by atoms with van der Waals surface area (Å²) in [7, 11) is 1.65. The lowest BCUT2D eigenvalue weighted by atomic mass is 10.3. The van der Waals surface area contributed by atoms with Crippen molar-refractivity contribution in [3.05, 3.63) is 0 Å². The molecule has 0 bridgehead atoms. The Kier molecular flexibility index (Phi) is 4.73. The van der Waals surface area contributed by atoms with Crippen molar-refractivity contribution in [2.45, 2.75) is 38.8 Å². The highest BCUT2D eigenvalue weighted by Crippen LogP contribution is 2.17. The van der Waals surface area contributed by atoms with E-state index in [0.717, 1.165) is 12.8 Å². The normalized spacial score (nSPS) is 15.0. The molecule has 0 aromatic heterocycles. The lowest BCUT2D eigenvalue weighted by molar-refractivity contribution is -0.134. The van der Waals surface area contributed by atoms with Gasteiger partial charge >= 0.3 is 0 Å². The van der Waals surface area contributed by atoms with Crippen molar-refractivity contribution < 1.29 is 9.59 Å². The molecule has 5 heteroatoms. The average molecular weight is 227 g/mol. The fraction of sp³-hybridized carbons (Fsp3) is 0.818. The number of hydrogen-bond donors (Lipinski definition) is 2. The molecule has 5 nitrogen and oxygen atoms in total. The number of nitrogens with zero attached hydrogens (tertiary/aromatic N) is 1. The van der Waals surface area contributed by atoms with E-state index in [1.54, 1.807) is 7.05 Å². The van der Waals surface area contributed by atoms with E-state index in [1.807, 2.05) is 13.8 Å². The number of amides is 2. The predicted octanol–water partition coefficient (Wildman–Crippen LogP) is -0.279. The Hall–Kier alpha value is -1.10. The van der Waals surface area contributed by atoms with E-state index >= 15 is 0 Å². The predicted molar refractivity (Wildman–Crippen MR) is 61.9 cm³/mol. The molecule has 16 heavy (non-hydrogen) atoms. The van der Waals surface area contributed by atoms with Crippen LogP contribution in [0.4, 0.5) is 0 Å². The van der Waals surface area contributed by atoms with E-state index in [2.05, 4.69) is 10.6 Å². The zero-order valence-corrected chi connectivity index (χ0v) is 10.2. The van der Waals surface area contributed by atoms with Crippen LogP contribution in [0.25, 0.3) is 0 Å². The van der Waals surface area contributed by atoms with Crippen LogP contribution in [-0.2, 0) is 9.59 Å². The standard InChI is InChI=1S/C11H21N3O2/c1-8(2)13-10(15)7-14(3)11(16)6-12-9-4-5-9/h8-9,12H,4-7H2,1-3H3,(H,13,15). The quantitative estimate of drug-likeness (QED) is 0.656. The molecule has 0 aliphatic heterocycles. The van der Waals surface area contributed by atoms with Crippen molar-refractivity contribution in [3.63, 3.8) is 0 Å². The fourth-order valence-corrected chi connectivity index (χ4v) is 1.33. The summed E-state index contributed by atoms with van der Waals surface area (Å²) in [6.45, 7) is 4.25. The molecule has 1 aliphatic rings. The van der Waals surface area contributed by atoms with Gasteiger partial charge in [-0.1, -0.05) is 0 Å². The first kappa shape index (κ1) is 13.0. The van der Waals surface area contributed by atoms with Crippen molar-refractivity contribution in [3.8, 4) is 0 Å². The van der Waals surface area contributed by atoms with Gasteiger partial charge in [0.25, 0.3) is 0 Å². The number of likely N-dealkylation sites (N-methyl/N-ethyl adjacent to an activating group) is 1. The van der Waals surface area contributed by atoms with Crippen molar-refractivity contribution in [2.24, 2.45) is 0 Å². The summed E-state index contributed by atoms with van der Waals surface area (Å²) >= 11 is 0. The van der Waals surface area contributed by atoms with Gasteiger partial charge in [-0.25, -0.2) is 0 Å². The summed E-state index contributed by atoms with van der Waals surface area (Å²) in [6, 6.07) is 0.627. The minimum Gasteiger partial charge on any atom is -0.352 e. The van der Waals surface area contributed by atoms with Crippen molar-refractivity contribution in [2.75, 3.05) is 20.1 Å². The molecule has 0 saturated heterocycles. The molecule has 0 spiro atoms. The SMILES string of the molecule is CC(C)NC(=O)CN(C)C(=O)CNC1CC1. The first-order chi connectivity index (χ1) is 7.49. The number of rotatable bonds is 6. The highest BCUT2D eigenvalue weighted by molar-refractivity contribution is 5.85. The van der Waals surface area contributed by atoms with Crippen LogP contribution >= 0.6 is 0 Å². The van der Waals surface area contributed by atoms with Crippen LogP contribution in [0.3, 0.4) is 0 Å². The second-order valence-corrected chi connectivity index (χ2v) is 4.63. The van der Waals surface area contributed by atoms with Gasteiger partial charge < -0.3 is 15.5 Å². The molecule has 2 amide bonds. The third-order valence-electron chi connectivity index (χ3n) is 2.38. The van der Waals surface area contributed by atoms with Crippen LogP contribution in [0.15, 0.2) is 0 Å². The van der Waals surface area contributed by atoms with Crippen molar-refractivity contribution in [1.82, 2.24) is 15.5 Å². The average Bonchev–Trinajstić information content (AvgIpc) is 2.95. The van der Waals surface area contributed by atoms with Crippen molar-refractivity contribution in [1.29, 1.82) is 0 Å². The van der Waals surface area contributed by atoms with E-state index < -0.39 is 0 Å². The third kappa shape index (κ3) is 5.11. The Bertz CT molecular complexity index is 262. The number of carbonyl (C=O) groups excluding carboxylic acids is 2. The van der Waals surface area contributed by atoms with Gasteiger partial charge in [-0.2, -0.15) is 0 Å². The number of hydrogen-bond acceptors (Lipinski definition) is 3. The van der Waals surface area contributed by atoms with Gasteiger partial charge in [0.2, 0.25) is 11.8 Å². The molecule has 1 fully saturated rings. The minimum atomic E-state index is -0.114. The van der Waals surface area contributed by atoms with Gasteiger partial charge in [0.15, 0.2) is 0 Å². The lowest BCUT2D eigenvalue weighted by Gasteiger charge is -2.18. The zero-order valence-electron chi connectivity index (χ0n) is 10.2. The molecule has 0 unspecified atom stereocenters. The molecule has 0 aromatic carbocycles. The highest BCUT2D eigenvalue weighted by Gasteiger charge is 2.22. The van der Waals surface area contributed by atoms with Gasteiger partial charge in [0.05, 0.1) is 13.1 Å². The van der Waals surface area contributed by atoms with Gasteiger partial charge in [0.1, 0.15) is 0 Å². The molecule has 0 aromatic rings. The maximum atomic E-state index is 11.6. The topological polar surface area (TPSA) is 61.4 Å². The maximum absolute atomic E-state index is 11.6. The monoisotopic (exact) mass is 227 g/mol. The summed E-state index contributed by atoms with van der Waals surface area (Å²) < 4.78 is 0. The Morgan fingerprint density at radius 2 is 2.00 bits per heavy atom. The summed E-state index contributed by atoms with van der Waals surface area (Å²) in [5.74, 6) is -0.150. The Balaban J connectivity index is 2.18. The van der Waals surface area contributed by atoms with Crippen LogP contribution in [-0.4, -0.2) is 48.9 Å². The van der Waals surface area contributed by atoms with Gasteiger partial charge in [-0.3, -0.25) is 9.59 Å². The summed E-state index contributed by atoms with van der Waals surface area (Å²) in [6.07, 6.45) is 2.32. The lowest BCUT2D eigenvalue weighted by Crippen LogP contribution is -2.43. The summed E-state index contributed by atoms with van der Waals surface area (Å²) in [4.78, 5) is 24.4. The molecule has 0 atom stereocenters. The summed E-state index contributed by atoms with van der Waals surface area (Å²) in [5, 5.41) is 5.88.